The van der Waals surface area contributed by atoms with Crippen LogP contribution in [0.1, 0.15) is 19.0 Å². The van der Waals surface area contributed by atoms with E-state index >= 15 is 0 Å². The van der Waals surface area contributed by atoms with Crippen LogP contribution in [-0.4, -0.2) is 15.9 Å². The predicted molar refractivity (Wildman–Crippen MR) is 52.9 cm³/mol. The molecular formula is C9H13N3O2. The van der Waals surface area contributed by atoms with Crippen molar-refractivity contribution in [2.75, 3.05) is 0 Å². The van der Waals surface area contributed by atoms with Gasteiger partial charge in [-0.1, -0.05) is 0 Å². The van der Waals surface area contributed by atoms with E-state index in [0.717, 1.165) is 18.5 Å². The van der Waals surface area contributed by atoms with Gasteiger partial charge in [0.25, 0.3) is 5.69 Å². The normalized spacial score (nSPS) is 12.4. The highest BCUT2D eigenvalue weighted by Gasteiger charge is 2.05. The van der Waals surface area contributed by atoms with Gasteiger partial charge in [0, 0.05) is 17.8 Å². The Morgan fingerprint density at radius 3 is 2.79 bits per heavy atom. The van der Waals surface area contributed by atoms with Crippen LogP contribution in [0, 0.1) is 10.1 Å². The molecule has 0 bridgehead atoms. The Morgan fingerprint density at radius 1 is 1.64 bits per heavy atom. The van der Waals surface area contributed by atoms with Crippen LogP contribution in [0.25, 0.3) is 0 Å². The second-order valence-electron chi connectivity index (χ2n) is 3.28. The molecule has 2 N–H and O–H groups in total. The molecule has 5 heteroatoms. The predicted octanol–water partition coefficient (Wildman–Crippen LogP) is 1.27. The summed E-state index contributed by atoms with van der Waals surface area (Å²) in [5.74, 6) is 0. The number of aryl methyl sites for hydroxylation is 1. The topological polar surface area (TPSA) is 82.0 Å². The van der Waals surface area contributed by atoms with Gasteiger partial charge in [-0.05, 0) is 25.8 Å². The molecule has 0 spiro atoms. The van der Waals surface area contributed by atoms with Crippen molar-refractivity contribution in [3.8, 4) is 0 Å². The number of hydrogen-bond acceptors (Lipinski definition) is 4. The van der Waals surface area contributed by atoms with Crippen molar-refractivity contribution in [3.05, 3.63) is 34.1 Å². The highest BCUT2D eigenvalue weighted by atomic mass is 16.6. The Kier molecular flexibility index (Phi) is 3.53. The van der Waals surface area contributed by atoms with Gasteiger partial charge in [-0.15, -0.1) is 0 Å². The molecule has 0 saturated heterocycles. The van der Waals surface area contributed by atoms with E-state index in [9.17, 15) is 10.1 Å². The van der Waals surface area contributed by atoms with Gasteiger partial charge in [0.05, 0.1) is 4.92 Å². The van der Waals surface area contributed by atoms with Gasteiger partial charge in [-0.2, -0.15) is 0 Å². The summed E-state index contributed by atoms with van der Waals surface area (Å²) in [4.78, 5) is 13.8. The Bertz CT molecular complexity index is 308. The zero-order chi connectivity index (χ0) is 10.6. The molecule has 0 radical (unpaired) electrons. The molecule has 0 saturated carbocycles. The van der Waals surface area contributed by atoms with Crippen LogP contribution in [0.3, 0.4) is 0 Å². The number of rotatable bonds is 4. The first kappa shape index (κ1) is 10.6. The van der Waals surface area contributed by atoms with E-state index in [1.165, 1.54) is 12.3 Å². The van der Waals surface area contributed by atoms with Crippen molar-refractivity contribution in [2.24, 2.45) is 5.73 Å². The lowest BCUT2D eigenvalue weighted by molar-refractivity contribution is -0.385. The minimum absolute atomic E-state index is 0.0227. The maximum Gasteiger partial charge on any atom is 0.287 e. The molecular weight excluding hydrogens is 182 g/mol. The number of pyridine rings is 1. The number of nitrogens with zero attached hydrogens (tertiary/aromatic N) is 2. The summed E-state index contributed by atoms with van der Waals surface area (Å²) in [6, 6.07) is 3.26. The maximum absolute atomic E-state index is 10.3. The fourth-order valence-corrected chi connectivity index (χ4v) is 1.05. The zero-order valence-electron chi connectivity index (χ0n) is 8.01. The summed E-state index contributed by atoms with van der Waals surface area (Å²) in [6.45, 7) is 1.92. The number of nitro groups is 1. The molecule has 1 unspecified atom stereocenters. The monoisotopic (exact) mass is 195 g/mol. The molecule has 1 aromatic rings. The first-order valence-corrected chi connectivity index (χ1v) is 4.44. The second kappa shape index (κ2) is 4.66. The van der Waals surface area contributed by atoms with Crippen LogP contribution in [0.5, 0.6) is 0 Å². The molecule has 1 atom stereocenters. The van der Waals surface area contributed by atoms with Crippen LogP contribution in [0.15, 0.2) is 18.3 Å². The average Bonchev–Trinajstić information content (AvgIpc) is 2.15. The second-order valence-corrected chi connectivity index (χ2v) is 3.28. The molecule has 1 aromatic heterocycles. The molecule has 14 heavy (non-hydrogen) atoms. The van der Waals surface area contributed by atoms with E-state index < -0.39 is 4.92 Å². The van der Waals surface area contributed by atoms with Crippen molar-refractivity contribution in [3.63, 3.8) is 0 Å². The Hall–Kier alpha value is -1.49. The SMILES string of the molecule is CC(N)CCc1ccc([N+](=O)[O-])cn1. The van der Waals surface area contributed by atoms with Gasteiger partial charge < -0.3 is 5.73 Å². The zero-order valence-corrected chi connectivity index (χ0v) is 8.01. The van der Waals surface area contributed by atoms with Gasteiger partial charge >= 0.3 is 0 Å². The van der Waals surface area contributed by atoms with Crippen molar-refractivity contribution in [1.82, 2.24) is 4.98 Å². The standard InChI is InChI=1S/C9H13N3O2/c1-7(10)2-3-8-4-5-9(6-11-8)12(13)14/h4-7H,2-3,10H2,1H3. The third kappa shape index (κ3) is 3.10. The highest BCUT2D eigenvalue weighted by molar-refractivity contribution is 5.26. The maximum atomic E-state index is 10.3. The molecule has 1 heterocycles. The van der Waals surface area contributed by atoms with Gasteiger partial charge in [0.2, 0.25) is 0 Å². The Balaban J connectivity index is 2.60. The van der Waals surface area contributed by atoms with E-state index in [4.69, 9.17) is 5.73 Å². The van der Waals surface area contributed by atoms with E-state index in [0.29, 0.717) is 0 Å². The van der Waals surface area contributed by atoms with Crippen molar-refractivity contribution < 1.29 is 4.92 Å². The quantitative estimate of drug-likeness (QED) is 0.579. The molecule has 1 rings (SSSR count). The summed E-state index contributed by atoms with van der Waals surface area (Å²) >= 11 is 0. The highest BCUT2D eigenvalue weighted by Crippen LogP contribution is 2.10. The molecule has 0 aliphatic rings. The third-order valence-corrected chi connectivity index (χ3v) is 1.88. The fraction of sp³-hybridized carbons (Fsp3) is 0.444. The first-order chi connectivity index (χ1) is 6.59. The van der Waals surface area contributed by atoms with Crippen LogP contribution in [-0.2, 0) is 6.42 Å². The molecule has 0 amide bonds. The smallest absolute Gasteiger partial charge is 0.287 e. The molecule has 76 valence electrons. The molecule has 0 fully saturated rings. The van der Waals surface area contributed by atoms with E-state index in [1.807, 2.05) is 6.92 Å². The molecule has 0 aliphatic heterocycles. The Morgan fingerprint density at radius 2 is 2.36 bits per heavy atom. The summed E-state index contributed by atoms with van der Waals surface area (Å²) < 4.78 is 0. The Labute approximate surface area is 82.1 Å². The third-order valence-electron chi connectivity index (χ3n) is 1.88. The average molecular weight is 195 g/mol. The van der Waals surface area contributed by atoms with Crippen molar-refractivity contribution in [1.29, 1.82) is 0 Å². The van der Waals surface area contributed by atoms with Crippen LogP contribution >= 0.6 is 0 Å². The summed E-state index contributed by atoms with van der Waals surface area (Å²) in [5.41, 5.74) is 6.45. The first-order valence-electron chi connectivity index (χ1n) is 4.44. The largest absolute Gasteiger partial charge is 0.328 e. The minimum Gasteiger partial charge on any atom is -0.328 e. The van der Waals surface area contributed by atoms with Crippen LogP contribution in [0.4, 0.5) is 5.69 Å². The molecule has 0 aromatic carbocycles. The lowest BCUT2D eigenvalue weighted by Gasteiger charge is -2.03. The summed E-state index contributed by atoms with van der Waals surface area (Å²) in [6.07, 6.45) is 2.87. The number of aromatic nitrogens is 1. The minimum atomic E-state index is -0.456. The van der Waals surface area contributed by atoms with Crippen molar-refractivity contribution in [2.45, 2.75) is 25.8 Å². The summed E-state index contributed by atoms with van der Waals surface area (Å²) in [5, 5.41) is 10.3. The van der Waals surface area contributed by atoms with E-state index in [2.05, 4.69) is 4.98 Å². The van der Waals surface area contributed by atoms with Crippen LogP contribution < -0.4 is 5.73 Å². The molecule has 5 nitrogen and oxygen atoms in total. The molecule has 0 aliphatic carbocycles. The van der Waals surface area contributed by atoms with Gasteiger partial charge in [-0.25, -0.2) is 0 Å². The fourth-order valence-electron chi connectivity index (χ4n) is 1.05. The number of nitrogens with two attached hydrogens (primary N) is 1. The van der Waals surface area contributed by atoms with Crippen LogP contribution in [0.2, 0.25) is 0 Å². The van der Waals surface area contributed by atoms with E-state index in [-0.39, 0.29) is 11.7 Å². The van der Waals surface area contributed by atoms with Gasteiger partial charge in [-0.3, -0.25) is 15.1 Å². The van der Waals surface area contributed by atoms with Gasteiger partial charge in [0.1, 0.15) is 6.20 Å². The lowest BCUT2D eigenvalue weighted by Crippen LogP contribution is -2.15. The lowest BCUT2D eigenvalue weighted by atomic mass is 10.1. The number of hydrogen-bond donors (Lipinski definition) is 1. The summed E-state index contributed by atoms with van der Waals surface area (Å²) in [7, 11) is 0. The van der Waals surface area contributed by atoms with Gasteiger partial charge in [0.15, 0.2) is 0 Å². The van der Waals surface area contributed by atoms with Crippen molar-refractivity contribution >= 4 is 5.69 Å². The van der Waals surface area contributed by atoms with E-state index in [1.54, 1.807) is 6.07 Å².